The van der Waals surface area contributed by atoms with Crippen LogP contribution in [0.25, 0.3) is 10.4 Å². The van der Waals surface area contributed by atoms with E-state index in [2.05, 4.69) is 0 Å². The molecule has 0 saturated heterocycles. The molecule has 0 spiro atoms. The molecule has 0 N–H and O–H groups in total. The fourth-order valence-corrected chi connectivity index (χ4v) is 3.43. The van der Waals surface area contributed by atoms with Gasteiger partial charge in [-0.3, -0.25) is 0 Å². The van der Waals surface area contributed by atoms with Gasteiger partial charge in [0.05, 0.1) is 5.56 Å². The molecule has 7 heteroatoms. The molecule has 0 unspecified atom stereocenters. The van der Waals surface area contributed by atoms with Gasteiger partial charge in [-0.2, -0.15) is 13.2 Å². The van der Waals surface area contributed by atoms with Gasteiger partial charge in [-0.05, 0) is 29.8 Å². The van der Waals surface area contributed by atoms with Crippen LogP contribution in [0.1, 0.15) is 5.56 Å². The Hall–Kier alpha value is -1.34. The van der Waals surface area contributed by atoms with E-state index in [1.807, 2.05) is 0 Å². The van der Waals surface area contributed by atoms with Crippen molar-refractivity contribution < 1.29 is 21.6 Å². The molecule has 2 nitrogen and oxygen atoms in total. The van der Waals surface area contributed by atoms with Crippen molar-refractivity contribution in [3.8, 4) is 10.4 Å². The molecular weight excluding hydrogens is 297 g/mol. The van der Waals surface area contributed by atoms with E-state index in [4.69, 9.17) is 0 Å². The van der Waals surface area contributed by atoms with Crippen LogP contribution in [0.3, 0.4) is 0 Å². The average molecular weight is 306 g/mol. The summed E-state index contributed by atoms with van der Waals surface area (Å²) in [4.78, 5) is 0.620. The van der Waals surface area contributed by atoms with Gasteiger partial charge in [0.15, 0.2) is 9.84 Å². The van der Waals surface area contributed by atoms with Crippen LogP contribution in [0.4, 0.5) is 13.2 Å². The van der Waals surface area contributed by atoms with Crippen molar-refractivity contribution in [3.05, 3.63) is 42.0 Å². The van der Waals surface area contributed by atoms with Crippen LogP contribution in [0.15, 0.2) is 40.6 Å². The molecule has 1 aromatic heterocycles. The van der Waals surface area contributed by atoms with E-state index >= 15 is 0 Å². The third kappa shape index (κ3) is 3.16. The number of benzene rings is 1. The zero-order valence-electron chi connectivity index (χ0n) is 9.73. The number of sulfone groups is 1. The van der Waals surface area contributed by atoms with Crippen LogP contribution in [0.2, 0.25) is 0 Å². The van der Waals surface area contributed by atoms with Crippen LogP contribution in [0.5, 0.6) is 0 Å². The number of hydrogen-bond donors (Lipinski definition) is 0. The van der Waals surface area contributed by atoms with Crippen molar-refractivity contribution in [1.29, 1.82) is 0 Å². The number of hydrogen-bond acceptors (Lipinski definition) is 3. The van der Waals surface area contributed by atoms with Crippen molar-refractivity contribution in [2.75, 3.05) is 6.26 Å². The van der Waals surface area contributed by atoms with Gasteiger partial charge in [-0.15, -0.1) is 11.3 Å². The van der Waals surface area contributed by atoms with Gasteiger partial charge in [0.2, 0.25) is 0 Å². The van der Waals surface area contributed by atoms with Gasteiger partial charge >= 0.3 is 6.18 Å². The van der Waals surface area contributed by atoms with E-state index in [-0.39, 0.29) is 4.21 Å². The second-order valence-electron chi connectivity index (χ2n) is 3.97. The van der Waals surface area contributed by atoms with Crippen LogP contribution in [-0.4, -0.2) is 14.7 Å². The normalized spacial score (nSPS) is 12.6. The number of thiophene rings is 1. The molecule has 2 rings (SSSR count). The lowest BCUT2D eigenvalue weighted by molar-refractivity contribution is -0.137. The smallest absolute Gasteiger partial charge is 0.223 e. The minimum absolute atomic E-state index is 0.197. The summed E-state index contributed by atoms with van der Waals surface area (Å²) in [5.41, 5.74) is -0.163. The minimum atomic E-state index is -4.37. The largest absolute Gasteiger partial charge is 0.416 e. The lowest BCUT2D eigenvalue weighted by atomic mass is 10.1. The predicted molar refractivity (Wildman–Crippen MR) is 67.9 cm³/mol. The molecule has 0 saturated carbocycles. The van der Waals surface area contributed by atoms with E-state index < -0.39 is 21.6 Å². The molecule has 0 fully saturated rings. The molecule has 2 aromatic rings. The molecule has 1 aromatic carbocycles. The van der Waals surface area contributed by atoms with Crippen LogP contribution in [0, 0.1) is 0 Å². The standard InChI is InChI=1S/C12H9F3O2S2/c1-19(16,17)11-7-6-10(18-11)8-2-4-9(5-3-8)12(13,14)15/h2-7H,1H3. The maximum atomic E-state index is 12.4. The van der Waals surface area contributed by atoms with Crippen LogP contribution in [-0.2, 0) is 16.0 Å². The van der Waals surface area contributed by atoms with Crippen molar-refractivity contribution >= 4 is 21.2 Å². The van der Waals surface area contributed by atoms with E-state index in [1.165, 1.54) is 18.2 Å². The molecule has 0 atom stereocenters. The van der Waals surface area contributed by atoms with Gasteiger partial charge in [-0.1, -0.05) is 12.1 Å². The molecule has 0 amide bonds. The Kier molecular flexibility index (Phi) is 3.44. The third-order valence-corrected chi connectivity index (χ3v) is 5.40. The molecule has 102 valence electrons. The highest BCUT2D eigenvalue weighted by molar-refractivity contribution is 7.92. The highest BCUT2D eigenvalue weighted by atomic mass is 32.2. The Bertz CT molecular complexity index is 683. The first kappa shape index (κ1) is 14.1. The second-order valence-corrected chi connectivity index (χ2v) is 7.29. The van der Waals surface area contributed by atoms with Gasteiger partial charge in [0, 0.05) is 11.1 Å². The Morgan fingerprint density at radius 2 is 1.58 bits per heavy atom. The number of alkyl halides is 3. The molecule has 0 radical (unpaired) electrons. The molecule has 0 aliphatic rings. The summed E-state index contributed by atoms with van der Waals surface area (Å²) in [5.74, 6) is 0. The summed E-state index contributed by atoms with van der Waals surface area (Å²) >= 11 is 1.04. The van der Waals surface area contributed by atoms with Crippen molar-refractivity contribution in [2.24, 2.45) is 0 Å². The monoisotopic (exact) mass is 306 g/mol. The second kappa shape index (κ2) is 4.64. The Labute approximate surface area is 112 Å². The first-order chi connectivity index (χ1) is 8.68. The maximum absolute atomic E-state index is 12.4. The molecule has 0 aliphatic carbocycles. The highest BCUT2D eigenvalue weighted by Crippen LogP contribution is 2.34. The summed E-state index contributed by atoms with van der Waals surface area (Å²) in [5, 5.41) is 0. The first-order valence-electron chi connectivity index (χ1n) is 5.15. The van der Waals surface area contributed by atoms with E-state index in [9.17, 15) is 21.6 Å². The lowest BCUT2D eigenvalue weighted by Crippen LogP contribution is -2.03. The average Bonchev–Trinajstić information content (AvgIpc) is 2.77. The Morgan fingerprint density at radius 1 is 1.00 bits per heavy atom. The lowest BCUT2D eigenvalue weighted by Gasteiger charge is -2.06. The predicted octanol–water partition coefficient (Wildman–Crippen LogP) is 3.84. The summed E-state index contributed by atoms with van der Waals surface area (Å²) in [6, 6.07) is 7.67. The summed E-state index contributed by atoms with van der Waals surface area (Å²) in [6.45, 7) is 0. The number of halogens is 3. The maximum Gasteiger partial charge on any atom is 0.416 e. The quantitative estimate of drug-likeness (QED) is 0.845. The van der Waals surface area contributed by atoms with Crippen molar-refractivity contribution in [1.82, 2.24) is 0 Å². The Balaban J connectivity index is 2.36. The minimum Gasteiger partial charge on any atom is -0.223 e. The SMILES string of the molecule is CS(=O)(=O)c1ccc(-c2ccc(C(F)(F)F)cc2)s1. The van der Waals surface area contributed by atoms with Crippen molar-refractivity contribution in [3.63, 3.8) is 0 Å². The zero-order valence-corrected chi connectivity index (χ0v) is 11.4. The third-order valence-electron chi connectivity index (χ3n) is 2.44. The zero-order chi connectivity index (χ0) is 14.3. The van der Waals surface area contributed by atoms with Gasteiger partial charge < -0.3 is 0 Å². The molecule has 0 aliphatic heterocycles. The molecular formula is C12H9F3O2S2. The van der Waals surface area contributed by atoms with Gasteiger partial charge in [-0.25, -0.2) is 8.42 Å². The van der Waals surface area contributed by atoms with Gasteiger partial charge in [0.25, 0.3) is 0 Å². The summed E-state index contributed by atoms with van der Waals surface area (Å²) < 4.78 is 60.1. The van der Waals surface area contributed by atoms with Crippen molar-refractivity contribution in [2.45, 2.75) is 10.4 Å². The van der Waals surface area contributed by atoms with Crippen LogP contribution < -0.4 is 0 Å². The van der Waals surface area contributed by atoms with E-state index in [0.29, 0.717) is 10.4 Å². The van der Waals surface area contributed by atoms with E-state index in [0.717, 1.165) is 29.7 Å². The highest BCUT2D eigenvalue weighted by Gasteiger charge is 2.30. The molecule has 1 heterocycles. The fraction of sp³-hybridized carbons (Fsp3) is 0.167. The number of rotatable bonds is 2. The Morgan fingerprint density at radius 3 is 2.00 bits per heavy atom. The van der Waals surface area contributed by atoms with Gasteiger partial charge in [0.1, 0.15) is 4.21 Å². The summed E-state index contributed by atoms with van der Waals surface area (Å²) in [7, 11) is -3.28. The van der Waals surface area contributed by atoms with Crippen LogP contribution >= 0.6 is 11.3 Å². The fourth-order valence-electron chi connectivity index (χ4n) is 1.50. The van der Waals surface area contributed by atoms with E-state index in [1.54, 1.807) is 6.07 Å². The topological polar surface area (TPSA) is 34.1 Å². The molecule has 19 heavy (non-hydrogen) atoms. The first-order valence-corrected chi connectivity index (χ1v) is 7.86. The summed E-state index contributed by atoms with van der Waals surface area (Å²) in [6.07, 6.45) is -3.28. The molecule has 0 bridgehead atoms.